The van der Waals surface area contributed by atoms with Gasteiger partial charge < -0.3 is 10.1 Å². The molecule has 0 aliphatic heterocycles. The minimum atomic E-state index is -0.162. The summed E-state index contributed by atoms with van der Waals surface area (Å²) in [6, 6.07) is 5.25. The zero-order valence-corrected chi connectivity index (χ0v) is 13.5. The number of fused-ring (bicyclic) bond motifs is 1. The Bertz CT molecular complexity index is 621. The van der Waals surface area contributed by atoms with Crippen molar-refractivity contribution >= 4 is 21.4 Å². The molecule has 0 saturated heterocycles. The summed E-state index contributed by atoms with van der Waals surface area (Å²) in [4.78, 5) is 1.16. The van der Waals surface area contributed by atoms with E-state index in [-0.39, 0.29) is 5.82 Å². The molecular weight excluding hydrogens is 285 g/mol. The molecule has 4 heteroatoms. The van der Waals surface area contributed by atoms with Crippen molar-refractivity contribution in [3.8, 4) is 0 Å². The molecule has 0 aliphatic rings. The van der Waals surface area contributed by atoms with Gasteiger partial charge in [-0.25, -0.2) is 4.39 Å². The molecule has 1 aromatic carbocycles. The van der Waals surface area contributed by atoms with Gasteiger partial charge in [0.2, 0.25) is 0 Å². The van der Waals surface area contributed by atoms with E-state index in [1.54, 1.807) is 17.4 Å². The van der Waals surface area contributed by atoms with Gasteiger partial charge in [0.25, 0.3) is 0 Å². The van der Waals surface area contributed by atoms with Gasteiger partial charge in [-0.2, -0.15) is 0 Å². The van der Waals surface area contributed by atoms with Crippen molar-refractivity contribution in [2.75, 3.05) is 13.2 Å². The highest BCUT2D eigenvalue weighted by molar-refractivity contribution is 7.19. The van der Waals surface area contributed by atoms with E-state index in [2.05, 4.69) is 18.8 Å². The minimum Gasteiger partial charge on any atom is -0.376 e. The molecule has 1 heterocycles. The first kappa shape index (κ1) is 16.1. The maximum absolute atomic E-state index is 14.1. The van der Waals surface area contributed by atoms with Crippen molar-refractivity contribution in [2.24, 2.45) is 0 Å². The Morgan fingerprint density at radius 3 is 2.95 bits per heavy atom. The molecule has 0 radical (unpaired) electrons. The fourth-order valence-electron chi connectivity index (χ4n) is 2.17. The third-order valence-corrected chi connectivity index (χ3v) is 4.50. The van der Waals surface area contributed by atoms with Crippen LogP contribution >= 0.6 is 11.3 Å². The van der Waals surface area contributed by atoms with Gasteiger partial charge in [0.1, 0.15) is 5.82 Å². The molecule has 1 aromatic heterocycles. The molecule has 0 amide bonds. The number of hydrogen-bond acceptors (Lipinski definition) is 3. The van der Waals surface area contributed by atoms with Crippen molar-refractivity contribution in [3.63, 3.8) is 0 Å². The molecule has 1 N–H and O–H groups in total. The lowest BCUT2D eigenvalue weighted by Gasteiger charge is -2.07. The number of thiophene rings is 1. The van der Waals surface area contributed by atoms with E-state index in [9.17, 15) is 4.39 Å². The summed E-state index contributed by atoms with van der Waals surface area (Å²) in [6.07, 6.45) is 0.840. The Morgan fingerprint density at radius 2 is 2.24 bits per heavy atom. The summed E-state index contributed by atoms with van der Waals surface area (Å²) in [5.41, 5.74) is 2.08. The Labute approximate surface area is 129 Å². The second-order valence-corrected chi connectivity index (χ2v) is 6.29. The molecule has 0 unspecified atom stereocenters. The van der Waals surface area contributed by atoms with E-state index >= 15 is 0 Å². The fraction of sp³-hybridized carbons (Fsp3) is 0.412. The smallest absolute Gasteiger partial charge is 0.132 e. The van der Waals surface area contributed by atoms with E-state index in [1.165, 1.54) is 6.07 Å². The van der Waals surface area contributed by atoms with Gasteiger partial charge in [-0.3, -0.25) is 0 Å². The standard InChI is InChI=1S/C17H22FNOS/c1-4-19-10-16-13(11-20-9-8-12(2)3)17-14(18)6-5-7-15(17)21-16/h5-7,19H,2,4,8-11H2,1,3H3. The molecule has 2 nitrogen and oxygen atoms in total. The summed E-state index contributed by atoms with van der Waals surface area (Å²) < 4.78 is 20.8. The number of ether oxygens (including phenoxy) is 1. The highest BCUT2D eigenvalue weighted by Gasteiger charge is 2.15. The zero-order chi connectivity index (χ0) is 15.2. The lowest BCUT2D eigenvalue weighted by atomic mass is 10.1. The normalized spacial score (nSPS) is 11.2. The fourth-order valence-corrected chi connectivity index (χ4v) is 3.36. The van der Waals surface area contributed by atoms with Crippen molar-refractivity contribution in [2.45, 2.75) is 33.4 Å². The lowest BCUT2D eigenvalue weighted by Crippen LogP contribution is -2.12. The molecule has 0 spiro atoms. The number of nitrogens with one attached hydrogen (secondary N) is 1. The van der Waals surface area contributed by atoms with Gasteiger partial charge in [-0.1, -0.05) is 18.6 Å². The monoisotopic (exact) mass is 307 g/mol. The number of rotatable bonds is 8. The van der Waals surface area contributed by atoms with E-state index < -0.39 is 0 Å². The number of halogens is 1. The molecular formula is C17H22FNOS. The van der Waals surface area contributed by atoms with Crippen LogP contribution in [0.1, 0.15) is 30.7 Å². The van der Waals surface area contributed by atoms with Crippen LogP contribution in [0.2, 0.25) is 0 Å². The predicted octanol–water partition coefficient (Wildman–Crippen LogP) is 4.63. The van der Waals surface area contributed by atoms with Crippen LogP contribution < -0.4 is 5.32 Å². The topological polar surface area (TPSA) is 21.3 Å². The third kappa shape index (κ3) is 4.13. The molecule has 0 atom stereocenters. The lowest BCUT2D eigenvalue weighted by molar-refractivity contribution is 0.124. The second kappa shape index (κ2) is 7.69. The molecule has 114 valence electrons. The highest BCUT2D eigenvalue weighted by atomic mass is 32.1. The van der Waals surface area contributed by atoms with E-state index in [0.29, 0.717) is 18.6 Å². The highest BCUT2D eigenvalue weighted by Crippen LogP contribution is 2.33. The summed E-state index contributed by atoms with van der Waals surface area (Å²) in [5.74, 6) is -0.162. The van der Waals surface area contributed by atoms with Crippen molar-refractivity contribution < 1.29 is 9.13 Å². The van der Waals surface area contributed by atoms with Crippen LogP contribution in [0.3, 0.4) is 0 Å². The molecule has 0 saturated carbocycles. The van der Waals surface area contributed by atoms with Gasteiger partial charge in [-0.05, 0) is 32.0 Å². The predicted molar refractivity (Wildman–Crippen MR) is 88.3 cm³/mol. The van der Waals surface area contributed by atoms with Crippen LogP contribution in [0.15, 0.2) is 30.4 Å². The van der Waals surface area contributed by atoms with Gasteiger partial charge in [0, 0.05) is 27.1 Å². The molecule has 21 heavy (non-hydrogen) atoms. The summed E-state index contributed by atoms with van der Waals surface area (Å²) >= 11 is 1.64. The Balaban J connectivity index is 2.22. The van der Waals surface area contributed by atoms with Gasteiger partial charge >= 0.3 is 0 Å². The van der Waals surface area contributed by atoms with E-state index in [1.807, 2.05) is 13.0 Å². The van der Waals surface area contributed by atoms with Crippen molar-refractivity contribution in [1.29, 1.82) is 0 Å². The van der Waals surface area contributed by atoms with Gasteiger partial charge in [-0.15, -0.1) is 17.9 Å². The maximum atomic E-state index is 14.1. The molecule has 0 bridgehead atoms. The van der Waals surface area contributed by atoms with Gasteiger partial charge in [0.15, 0.2) is 0 Å². The maximum Gasteiger partial charge on any atom is 0.132 e. The third-order valence-electron chi connectivity index (χ3n) is 3.30. The first-order valence-electron chi connectivity index (χ1n) is 7.25. The summed E-state index contributed by atoms with van der Waals surface area (Å²) in [6.45, 7) is 10.6. The van der Waals surface area contributed by atoms with Crippen LogP contribution in [0.5, 0.6) is 0 Å². The summed E-state index contributed by atoms with van der Waals surface area (Å²) in [5, 5.41) is 4.03. The Kier molecular flexibility index (Phi) is 5.91. The van der Waals surface area contributed by atoms with Gasteiger partial charge in [0.05, 0.1) is 13.2 Å². The van der Waals surface area contributed by atoms with E-state index in [0.717, 1.165) is 40.2 Å². The van der Waals surface area contributed by atoms with Crippen LogP contribution in [0.4, 0.5) is 4.39 Å². The van der Waals surface area contributed by atoms with Crippen molar-refractivity contribution in [1.82, 2.24) is 5.32 Å². The second-order valence-electron chi connectivity index (χ2n) is 5.16. The molecule has 2 rings (SSSR count). The molecule has 0 fully saturated rings. The van der Waals surface area contributed by atoms with Crippen LogP contribution in [-0.2, 0) is 17.9 Å². The summed E-state index contributed by atoms with van der Waals surface area (Å²) in [7, 11) is 0. The SMILES string of the molecule is C=C(C)CCOCc1c(CNCC)sc2cccc(F)c12. The first-order valence-corrected chi connectivity index (χ1v) is 8.06. The quantitative estimate of drug-likeness (QED) is 0.567. The molecule has 0 aliphatic carbocycles. The average molecular weight is 307 g/mol. The van der Waals surface area contributed by atoms with Crippen molar-refractivity contribution in [3.05, 3.63) is 46.6 Å². The molecule has 2 aromatic rings. The Hall–Kier alpha value is -1.23. The van der Waals surface area contributed by atoms with E-state index in [4.69, 9.17) is 4.74 Å². The largest absolute Gasteiger partial charge is 0.376 e. The average Bonchev–Trinajstić information content (AvgIpc) is 2.80. The number of hydrogen-bond donors (Lipinski definition) is 1. The van der Waals surface area contributed by atoms with Crippen LogP contribution in [0, 0.1) is 5.82 Å². The van der Waals surface area contributed by atoms with Crippen LogP contribution in [0.25, 0.3) is 10.1 Å². The first-order chi connectivity index (χ1) is 10.1. The zero-order valence-electron chi connectivity index (χ0n) is 12.7. The number of benzene rings is 1. The van der Waals surface area contributed by atoms with Crippen LogP contribution in [-0.4, -0.2) is 13.2 Å². The Morgan fingerprint density at radius 1 is 1.43 bits per heavy atom. The minimum absolute atomic E-state index is 0.162.